The molecule has 0 aromatic heterocycles. The van der Waals surface area contributed by atoms with Crippen LogP contribution in [-0.4, -0.2) is 20.1 Å². The van der Waals surface area contributed by atoms with Gasteiger partial charge in [0.05, 0.1) is 5.56 Å². The van der Waals surface area contributed by atoms with Gasteiger partial charge in [-0.05, 0) is 18.2 Å². The van der Waals surface area contributed by atoms with Gasteiger partial charge in [0.15, 0.2) is 0 Å². The second kappa shape index (κ2) is 3.48. The zero-order valence-electron chi connectivity index (χ0n) is 8.33. The van der Waals surface area contributed by atoms with E-state index in [2.05, 4.69) is 5.32 Å². The molecular weight excluding hydrogens is 218 g/mol. The van der Waals surface area contributed by atoms with Gasteiger partial charge in [0.2, 0.25) is 0 Å². The van der Waals surface area contributed by atoms with Crippen LogP contribution in [-0.2, 0) is 15.4 Å². The molecule has 0 saturated carbocycles. The Hall–Kier alpha value is -1.10. The predicted octanol–water partition coefficient (Wildman–Crippen LogP) is 1.49. The second-order valence-corrected chi connectivity index (χ2v) is 3.61. The molecule has 80 valence electrons. The topological polar surface area (TPSA) is 47.6 Å². The van der Waals surface area contributed by atoms with Gasteiger partial charge in [0.25, 0.3) is 11.8 Å². The number of hydrogen-bond donors (Lipinski definition) is 1. The minimum absolute atomic E-state index is 0.231. The van der Waals surface area contributed by atoms with Crippen LogP contribution in [0.1, 0.15) is 15.9 Å². The summed E-state index contributed by atoms with van der Waals surface area (Å²) < 4.78 is 10.4. The predicted molar refractivity (Wildman–Crippen MR) is 54.6 cm³/mol. The van der Waals surface area contributed by atoms with Crippen molar-refractivity contribution >= 4 is 17.5 Å². The van der Waals surface area contributed by atoms with Crippen LogP contribution in [0.3, 0.4) is 0 Å². The monoisotopic (exact) mass is 227 g/mol. The van der Waals surface area contributed by atoms with E-state index in [9.17, 15) is 4.79 Å². The van der Waals surface area contributed by atoms with Crippen LogP contribution in [0.4, 0.5) is 0 Å². The summed E-state index contributed by atoms with van der Waals surface area (Å²) in [5.74, 6) is -1.44. The number of ether oxygens (including phenoxy) is 2. The lowest BCUT2D eigenvalue weighted by Crippen LogP contribution is -2.42. The van der Waals surface area contributed by atoms with Crippen molar-refractivity contribution in [2.45, 2.75) is 5.91 Å². The van der Waals surface area contributed by atoms with Crippen molar-refractivity contribution in [1.29, 1.82) is 0 Å². The number of benzene rings is 1. The molecule has 1 aromatic rings. The van der Waals surface area contributed by atoms with E-state index in [4.69, 9.17) is 21.1 Å². The number of amides is 1. The van der Waals surface area contributed by atoms with Gasteiger partial charge < -0.3 is 9.47 Å². The fourth-order valence-corrected chi connectivity index (χ4v) is 1.85. The number of rotatable bonds is 2. The normalized spacial score (nSPS) is 17.4. The third-order valence-corrected chi connectivity index (χ3v) is 2.67. The third-order valence-electron chi connectivity index (χ3n) is 2.43. The lowest BCUT2D eigenvalue weighted by molar-refractivity contribution is -0.225. The van der Waals surface area contributed by atoms with Gasteiger partial charge in [-0.3, -0.25) is 10.1 Å². The molecule has 0 fully saturated rings. The highest BCUT2D eigenvalue weighted by Gasteiger charge is 2.44. The number of carbonyl (C=O) groups excluding carboxylic acids is 1. The summed E-state index contributed by atoms with van der Waals surface area (Å²) in [6, 6.07) is 4.95. The first-order valence-electron chi connectivity index (χ1n) is 4.36. The van der Waals surface area contributed by atoms with Crippen LogP contribution >= 0.6 is 11.6 Å². The van der Waals surface area contributed by atoms with Gasteiger partial charge in [-0.25, -0.2) is 0 Å². The molecule has 0 radical (unpaired) electrons. The molecule has 1 aliphatic rings. The third kappa shape index (κ3) is 1.42. The van der Waals surface area contributed by atoms with E-state index >= 15 is 0 Å². The molecule has 15 heavy (non-hydrogen) atoms. The lowest BCUT2D eigenvalue weighted by Gasteiger charge is -2.26. The summed E-state index contributed by atoms with van der Waals surface area (Å²) in [5.41, 5.74) is 1.12. The van der Waals surface area contributed by atoms with E-state index < -0.39 is 5.91 Å². The first kappa shape index (κ1) is 10.4. The van der Waals surface area contributed by atoms with Crippen molar-refractivity contribution in [2.24, 2.45) is 0 Å². The van der Waals surface area contributed by atoms with Crippen LogP contribution < -0.4 is 5.32 Å². The van der Waals surface area contributed by atoms with Gasteiger partial charge in [-0.2, -0.15) is 0 Å². The van der Waals surface area contributed by atoms with Gasteiger partial charge >= 0.3 is 0 Å². The lowest BCUT2D eigenvalue weighted by atomic mass is 10.1. The molecule has 1 aliphatic heterocycles. The summed E-state index contributed by atoms with van der Waals surface area (Å²) in [6.07, 6.45) is 0. The number of carbonyl (C=O) groups is 1. The summed E-state index contributed by atoms with van der Waals surface area (Å²) in [5, 5.41) is 3.15. The maximum absolute atomic E-state index is 11.6. The van der Waals surface area contributed by atoms with Crippen molar-refractivity contribution < 1.29 is 14.3 Å². The highest BCUT2D eigenvalue weighted by molar-refractivity contribution is 6.30. The zero-order valence-corrected chi connectivity index (χ0v) is 9.09. The Bertz CT molecular complexity index is 415. The minimum Gasteiger partial charge on any atom is -0.332 e. The Morgan fingerprint density at radius 3 is 2.60 bits per heavy atom. The first-order chi connectivity index (χ1) is 7.13. The molecule has 0 spiro atoms. The highest BCUT2D eigenvalue weighted by Crippen LogP contribution is 2.34. The number of halogens is 1. The molecular formula is C10H10ClNO3. The SMILES string of the molecule is COC1(OC)NC(=O)c2ccc(Cl)cc21. The molecule has 0 saturated heterocycles. The molecule has 0 bridgehead atoms. The molecule has 2 rings (SSSR count). The Labute approximate surface area is 92.1 Å². The van der Waals surface area contributed by atoms with E-state index in [1.807, 2.05) is 0 Å². The smallest absolute Gasteiger partial charge is 0.280 e. The van der Waals surface area contributed by atoms with Crippen molar-refractivity contribution in [3.8, 4) is 0 Å². The maximum Gasteiger partial charge on any atom is 0.280 e. The second-order valence-electron chi connectivity index (χ2n) is 3.17. The molecule has 0 unspecified atom stereocenters. The maximum atomic E-state index is 11.6. The summed E-state index contributed by atoms with van der Waals surface area (Å²) in [6.45, 7) is 0. The van der Waals surface area contributed by atoms with Crippen LogP contribution in [0, 0.1) is 0 Å². The number of nitrogens with one attached hydrogen (secondary N) is 1. The van der Waals surface area contributed by atoms with E-state index in [0.29, 0.717) is 16.1 Å². The van der Waals surface area contributed by atoms with Crippen LogP contribution in [0.25, 0.3) is 0 Å². The molecule has 1 N–H and O–H groups in total. The van der Waals surface area contributed by atoms with Crippen molar-refractivity contribution in [3.05, 3.63) is 34.3 Å². The van der Waals surface area contributed by atoms with Crippen LogP contribution in [0.15, 0.2) is 18.2 Å². The fraction of sp³-hybridized carbons (Fsp3) is 0.300. The summed E-state index contributed by atoms with van der Waals surface area (Å²) in [7, 11) is 2.92. The van der Waals surface area contributed by atoms with Crippen molar-refractivity contribution in [2.75, 3.05) is 14.2 Å². The molecule has 1 aromatic carbocycles. The summed E-state index contributed by atoms with van der Waals surface area (Å²) in [4.78, 5) is 11.6. The molecule has 4 nitrogen and oxygen atoms in total. The average Bonchev–Trinajstić information content (AvgIpc) is 2.52. The highest BCUT2D eigenvalue weighted by atomic mass is 35.5. The van der Waals surface area contributed by atoms with E-state index in [-0.39, 0.29) is 5.91 Å². The fourth-order valence-electron chi connectivity index (χ4n) is 1.68. The first-order valence-corrected chi connectivity index (χ1v) is 4.73. The largest absolute Gasteiger partial charge is 0.332 e. The van der Waals surface area contributed by atoms with Crippen molar-refractivity contribution in [3.63, 3.8) is 0 Å². The quantitative estimate of drug-likeness (QED) is 0.779. The molecule has 1 amide bonds. The summed E-state index contributed by atoms with van der Waals surface area (Å²) >= 11 is 5.86. The average molecular weight is 228 g/mol. The van der Waals surface area contributed by atoms with Gasteiger partial charge in [-0.15, -0.1) is 0 Å². The van der Waals surface area contributed by atoms with E-state index in [1.54, 1.807) is 18.2 Å². The minimum atomic E-state index is -1.21. The van der Waals surface area contributed by atoms with Gasteiger partial charge in [0.1, 0.15) is 0 Å². The van der Waals surface area contributed by atoms with Gasteiger partial charge in [0, 0.05) is 24.8 Å². The Morgan fingerprint density at radius 2 is 2.00 bits per heavy atom. The molecule has 1 heterocycles. The van der Waals surface area contributed by atoms with E-state index in [1.165, 1.54) is 14.2 Å². The molecule has 0 atom stereocenters. The number of methoxy groups -OCH3 is 2. The van der Waals surface area contributed by atoms with Crippen LogP contribution in [0.2, 0.25) is 5.02 Å². The molecule has 5 heteroatoms. The molecule has 0 aliphatic carbocycles. The van der Waals surface area contributed by atoms with Crippen molar-refractivity contribution in [1.82, 2.24) is 5.32 Å². The Kier molecular flexibility index (Phi) is 2.42. The van der Waals surface area contributed by atoms with Crippen LogP contribution in [0.5, 0.6) is 0 Å². The van der Waals surface area contributed by atoms with E-state index in [0.717, 1.165) is 0 Å². The standard InChI is InChI=1S/C10H10ClNO3/c1-14-10(15-2)8-5-6(11)3-4-7(8)9(13)12-10/h3-5H,1-2H3,(H,12,13). The zero-order chi connectivity index (χ0) is 11.1. The number of fused-ring (bicyclic) bond motifs is 1. The number of hydrogen-bond acceptors (Lipinski definition) is 3. The Balaban J connectivity index is 2.61. The van der Waals surface area contributed by atoms with Gasteiger partial charge in [-0.1, -0.05) is 11.6 Å². The Morgan fingerprint density at radius 1 is 1.33 bits per heavy atom.